The van der Waals surface area contributed by atoms with Crippen LogP contribution >= 0.6 is 11.6 Å². The number of methoxy groups -OCH3 is 1. The van der Waals surface area contributed by atoms with Crippen molar-refractivity contribution < 1.29 is 14.6 Å². The van der Waals surface area contributed by atoms with Crippen molar-refractivity contribution in [2.75, 3.05) is 26.8 Å². The number of allylic oxidation sites excluding steroid dienone is 1. The van der Waals surface area contributed by atoms with E-state index in [9.17, 15) is 5.11 Å². The summed E-state index contributed by atoms with van der Waals surface area (Å²) >= 11 is 6.40. The molecule has 0 unspecified atom stereocenters. The Hall–Kier alpha value is -2.64. The van der Waals surface area contributed by atoms with Crippen LogP contribution in [0.25, 0.3) is 5.69 Å². The lowest BCUT2D eigenvalue weighted by Crippen LogP contribution is -2.34. The molecule has 7 heteroatoms. The Morgan fingerprint density at radius 3 is 2.61 bits per heavy atom. The van der Waals surface area contributed by atoms with Crippen LogP contribution in [0.1, 0.15) is 24.1 Å². The van der Waals surface area contributed by atoms with Gasteiger partial charge in [0, 0.05) is 26.7 Å². The molecule has 1 N–H and O–H groups in total. The van der Waals surface area contributed by atoms with Crippen molar-refractivity contribution in [2.24, 2.45) is 0 Å². The maximum absolute atomic E-state index is 10.5. The van der Waals surface area contributed by atoms with Gasteiger partial charge in [-0.15, -0.1) is 6.58 Å². The predicted octanol–water partition coefficient (Wildman–Crippen LogP) is 5.40. The van der Waals surface area contributed by atoms with Crippen LogP contribution in [0.3, 0.4) is 0 Å². The van der Waals surface area contributed by atoms with Crippen LogP contribution in [-0.2, 0) is 11.3 Å². The molecule has 0 saturated heterocycles. The Labute approximate surface area is 201 Å². The molecule has 176 valence electrons. The molecule has 0 saturated carbocycles. The van der Waals surface area contributed by atoms with Crippen molar-refractivity contribution in [3.8, 4) is 17.3 Å². The van der Waals surface area contributed by atoms with E-state index in [1.807, 2.05) is 61.5 Å². The summed E-state index contributed by atoms with van der Waals surface area (Å²) in [5.74, 6) is 1.17. The minimum Gasteiger partial charge on any atom is -0.437 e. The van der Waals surface area contributed by atoms with Crippen LogP contribution in [0.4, 0.5) is 0 Å². The predicted molar refractivity (Wildman–Crippen MR) is 132 cm³/mol. The molecule has 0 aliphatic heterocycles. The molecule has 0 amide bonds. The van der Waals surface area contributed by atoms with Gasteiger partial charge in [0.15, 0.2) is 0 Å². The number of nitrogens with zero attached hydrogens (tertiary/aromatic N) is 3. The average molecular weight is 470 g/mol. The van der Waals surface area contributed by atoms with Crippen LogP contribution in [-0.4, -0.2) is 52.7 Å². The zero-order chi connectivity index (χ0) is 23.6. The lowest BCUT2D eigenvalue weighted by atomic mass is 10.1. The van der Waals surface area contributed by atoms with E-state index in [1.54, 1.807) is 17.9 Å². The Balaban J connectivity index is 1.97. The number of aryl methyl sites for hydroxylation is 1. The van der Waals surface area contributed by atoms with Crippen molar-refractivity contribution in [1.29, 1.82) is 0 Å². The number of rotatable bonds is 13. The van der Waals surface area contributed by atoms with Gasteiger partial charge in [0.1, 0.15) is 5.75 Å². The van der Waals surface area contributed by atoms with Crippen molar-refractivity contribution in [1.82, 2.24) is 14.7 Å². The van der Waals surface area contributed by atoms with Gasteiger partial charge in [-0.1, -0.05) is 48.0 Å². The highest BCUT2D eigenvalue weighted by Gasteiger charge is 2.23. The average Bonchev–Trinajstić information content (AvgIpc) is 3.13. The van der Waals surface area contributed by atoms with Gasteiger partial charge >= 0.3 is 0 Å². The number of ether oxygens (including phenoxy) is 2. The van der Waals surface area contributed by atoms with E-state index < -0.39 is 6.10 Å². The van der Waals surface area contributed by atoms with Gasteiger partial charge in [-0.05, 0) is 44.0 Å². The molecule has 1 aromatic heterocycles. The number of aliphatic hydroxyl groups is 1. The van der Waals surface area contributed by atoms with Crippen molar-refractivity contribution in [3.63, 3.8) is 0 Å². The molecule has 33 heavy (non-hydrogen) atoms. The topological polar surface area (TPSA) is 59.8 Å². The highest BCUT2D eigenvalue weighted by Crippen LogP contribution is 2.34. The third-order valence-electron chi connectivity index (χ3n) is 5.35. The molecule has 6 nitrogen and oxygen atoms in total. The molecule has 3 aromatic rings. The Morgan fingerprint density at radius 1 is 1.18 bits per heavy atom. The van der Waals surface area contributed by atoms with Crippen molar-refractivity contribution in [3.05, 3.63) is 83.5 Å². The monoisotopic (exact) mass is 469 g/mol. The van der Waals surface area contributed by atoms with Gasteiger partial charge in [0.25, 0.3) is 0 Å². The summed E-state index contributed by atoms with van der Waals surface area (Å²) in [4.78, 5) is 2.16. The van der Waals surface area contributed by atoms with Crippen LogP contribution in [0.5, 0.6) is 11.6 Å². The highest BCUT2D eigenvalue weighted by atomic mass is 35.5. The summed E-state index contributed by atoms with van der Waals surface area (Å²) in [6.45, 7) is 8.00. The summed E-state index contributed by atoms with van der Waals surface area (Å²) in [6.07, 6.45) is 2.80. The van der Waals surface area contributed by atoms with Crippen LogP contribution in [0.2, 0.25) is 5.02 Å². The normalized spacial score (nSPS) is 12.2. The molecule has 1 heterocycles. The van der Waals surface area contributed by atoms with E-state index in [4.69, 9.17) is 26.2 Å². The summed E-state index contributed by atoms with van der Waals surface area (Å²) in [7, 11) is 1.68. The first-order valence-electron chi connectivity index (χ1n) is 11.1. The molecule has 1 atom stereocenters. The summed E-state index contributed by atoms with van der Waals surface area (Å²) in [5, 5.41) is 15.8. The number of hydrogen-bond donors (Lipinski definition) is 1. The smallest absolute Gasteiger partial charge is 0.227 e. The third-order valence-corrected chi connectivity index (χ3v) is 5.66. The molecule has 3 rings (SSSR count). The molecule has 0 aliphatic rings. The van der Waals surface area contributed by atoms with Gasteiger partial charge < -0.3 is 14.6 Å². The van der Waals surface area contributed by atoms with Gasteiger partial charge in [0.2, 0.25) is 5.88 Å². The van der Waals surface area contributed by atoms with Crippen LogP contribution < -0.4 is 4.74 Å². The van der Waals surface area contributed by atoms with Gasteiger partial charge in [-0.3, -0.25) is 4.90 Å². The second-order valence-electron chi connectivity index (χ2n) is 7.90. The van der Waals surface area contributed by atoms with E-state index >= 15 is 0 Å². The molecule has 0 bridgehead atoms. The maximum atomic E-state index is 10.5. The second kappa shape index (κ2) is 12.6. The van der Waals surface area contributed by atoms with E-state index in [0.29, 0.717) is 49.3 Å². The molecular formula is C26H32ClN3O3. The fourth-order valence-electron chi connectivity index (χ4n) is 3.58. The molecule has 2 aromatic carbocycles. The zero-order valence-corrected chi connectivity index (χ0v) is 20.0. The zero-order valence-electron chi connectivity index (χ0n) is 19.3. The Morgan fingerprint density at radius 2 is 1.91 bits per heavy atom. The molecule has 0 fully saturated rings. The fourth-order valence-corrected chi connectivity index (χ4v) is 3.75. The first kappa shape index (κ1) is 25.0. The van der Waals surface area contributed by atoms with E-state index in [1.165, 1.54) is 0 Å². The molecule has 0 radical (unpaired) electrons. The minimum atomic E-state index is -0.461. The number of benzene rings is 2. The number of para-hydroxylation sites is 2. The maximum Gasteiger partial charge on any atom is 0.227 e. The standard InChI is InChI=1S/C26H32ClN3O3/c1-4-5-13-22(31)18-29(16-17-32-3)19-23-20(2)28-30(21-11-7-6-8-12-21)26(23)33-25-15-10-9-14-24(25)27/h4,6-12,14-15,22,31H,1,5,13,16-19H2,2-3H3/t22-/m0/s1. The fraction of sp³-hybridized carbons (Fsp3) is 0.346. The first-order chi connectivity index (χ1) is 16.0. The van der Waals surface area contributed by atoms with Crippen LogP contribution in [0.15, 0.2) is 67.3 Å². The second-order valence-corrected chi connectivity index (χ2v) is 8.30. The van der Waals surface area contributed by atoms with E-state index in [0.717, 1.165) is 23.4 Å². The number of aliphatic hydroxyl groups excluding tert-OH is 1. The summed E-state index contributed by atoms with van der Waals surface area (Å²) < 4.78 is 13.5. The number of aromatic nitrogens is 2. The van der Waals surface area contributed by atoms with Crippen molar-refractivity contribution in [2.45, 2.75) is 32.4 Å². The molecule has 0 aliphatic carbocycles. The largest absolute Gasteiger partial charge is 0.437 e. The summed E-state index contributed by atoms with van der Waals surface area (Å²) in [5.41, 5.74) is 2.68. The number of halogens is 1. The lowest BCUT2D eigenvalue weighted by Gasteiger charge is -2.25. The van der Waals surface area contributed by atoms with Gasteiger partial charge in [-0.2, -0.15) is 5.10 Å². The van der Waals surface area contributed by atoms with Crippen molar-refractivity contribution >= 4 is 11.6 Å². The quantitative estimate of drug-likeness (QED) is 0.339. The Kier molecular flexibility index (Phi) is 9.51. The minimum absolute atomic E-state index is 0.461. The Bertz CT molecular complexity index is 1020. The SMILES string of the molecule is C=CCC[C@H](O)CN(CCOC)Cc1c(C)nn(-c2ccccc2)c1Oc1ccccc1Cl. The van der Waals surface area contributed by atoms with E-state index in [-0.39, 0.29) is 0 Å². The third kappa shape index (κ3) is 6.92. The highest BCUT2D eigenvalue weighted by molar-refractivity contribution is 6.32. The molecule has 0 spiro atoms. The van der Waals surface area contributed by atoms with Crippen LogP contribution in [0, 0.1) is 6.92 Å². The van der Waals surface area contributed by atoms with Gasteiger partial charge in [-0.25, -0.2) is 4.68 Å². The van der Waals surface area contributed by atoms with E-state index in [2.05, 4.69) is 11.5 Å². The first-order valence-corrected chi connectivity index (χ1v) is 11.5. The van der Waals surface area contributed by atoms with Gasteiger partial charge in [0.05, 0.1) is 34.7 Å². The number of hydrogen-bond acceptors (Lipinski definition) is 5. The lowest BCUT2D eigenvalue weighted by molar-refractivity contribution is 0.0804. The molecular weight excluding hydrogens is 438 g/mol. The summed E-state index contributed by atoms with van der Waals surface area (Å²) in [6, 6.07) is 17.3.